The number of aliphatic carboxylic acids is 1. The molecule has 4 N–H and O–H groups in total. The number of anilines is 1. The molecule has 0 bridgehead atoms. The number of carboxylic acid groups (broad SMARTS) is 1. The number of carboxylic acids is 1. The number of amides is 1. The van der Waals surface area contributed by atoms with Crippen LogP contribution < -0.4 is 11.1 Å². The third-order valence-corrected chi connectivity index (χ3v) is 3.08. The lowest BCUT2D eigenvalue weighted by atomic mass is 9.93. The van der Waals surface area contributed by atoms with E-state index >= 15 is 0 Å². The van der Waals surface area contributed by atoms with Gasteiger partial charge in [0.15, 0.2) is 5.13 Å². The molecule has 94 valence electrons. The zero-order valence-corrected chi connectivity index (χ0v) is 10.5. The molecule has 0 spiro atoms. The predicted molar refractivity (Wildman–Crippen MR) is 64.9 cm³/mol. The third kappa shape index (κ3) is 4.03. The Labute approximate surface area is 103 Å². The molecule has 0 radical (unpaired) electrons. The first-order valence-corrected chi connectivity index (χ1v) is 5.89. The van der Waals surface area contributed by atoms with Crippen molar-refractivity contribution in [2.45, 2.75) is 20.3 Å². The molecule has 1 heterocycles. The number of carbonyl (C=O) groups excluding carboxylic acids is 1. The number of hydrogen-bond acceptors (Lipinski definition) is 5. The monoisotopic (exact) mass is 257 g/mol. The first-order valence-electron chi connectivity index (χ1n) is 5.01. The van der Waals surface area contributed by atoms with E-state index < -0.39 is 17.3 Å². The molecule has 0 aliphatic carbocycles. The van der Waals surface area contributed by atoms with Crippen molar-refractivity contribution in [1.82, 2.24) is 4.98 Å². The lowest BCUT2D eigenvalue weighted by Gasteiger charge is -2.20. The van der Waals surface area contributed by atoms with Crippen LogP contribution in [0.1, 0.15) is 19.5 Å². The van der Waals surface area contributed by atoms with Gasteiger partial charge in [-0.3, -0.25) is 9.59 Å². The number of primary amides is 1. The summed E-state index contributed by atoms with van der Waals surface area (Å²) in [6, 6.07) is 0. The van der Waals surface area contributed by atoms with Gasteiger partial charge in [-0.1, -0.05) is 0 Å². The highest BCUT2D eigenvalue weighted by atomic mass is 32.1. The summed E-state index contributed by atoms with van der Waals surface area (Å²) in [6.07, 6.45) is -0.0998. The van der Waals surface area contributed by atoms with Crippen molar-refractivity contribution in [3.05, 3.63) is 11.1 Å². The molecular formula is C10H15N3O3S. The molecule has 1 rings (SSSR count). The van der Waals surface area contributed by atoms with Gasteiger partial charge >= 0.3 is 5.97 Å². The summed E-state index contributed by atoms with van der Waals surface area (Å²) in [5.41, 5.74) is 5.07. The maximum absolute atomic E-state index is 11.1. The molecular weight excluding hydrogens is 242 g/mol. The van der Waals surface area contributed by atoms with E-state index in [9.17, 15) is 9.59 Å². The van der Waals surface area contributed by atoms with Gasteiger partial charge in [-0.2, -0.15) is 0 Å². The van der Waals surface area contributed by atoms with E-state index in [0.29, 0.717) is 17.4 Å². The molecule has 0 atom stereocenters. The first kappa shape index (κ1) is 13.4. The standard InChI is InChI=1S/C10H15N3O3S/c1-10(2,8(11)16)5-12-9-13-6(4-17-9)3-7(14)15/h4H,3,5H2,1-2H3,(H2,11,16)(H,12,13)(H,14,15). The van der Waals surface area contributed by atoms with Gasteiger partial charge in [-0.05, 0) is 13.8 Å². The number of nitrogens with zero attached hydrogens (tertiary/aromatic N) is 1. The molecule has 0 saturated carbocycles. The minimum Gasteiger partial charge on any atom is -0.481 e. The topological polar surface area (TPSA) is 105 Å². The third-order valence-electron chi connectivity index (χ3n) is 2.23. The normalized spacial score (nSPS) is 11.2. The van der Waals surface area contributed by atoms with Gasteiger partial charge in [0.1, 0.15) is 0 Å². The SMILES string of the molecule is CC(C)(CNc1nc(CC(=O)O)cs1)C(N)=O. The summed E-state index contributed by atoms with van der Waals surface area (Å²) in [4.78, 5) is 25.6. The predicted octanol–water partition coefficient (Wildman–Crippen LogP) is 0.694. The average Bonchev–Trinajstić information content (AvgIpc) is 2.61. The summed E-state index contributed by atoms with van der Waals surface area (Å²) in [5, 5.41) is 13.8. The fraction of sp³-hybridized carbons (Fsp3) is 0.500. The minimum atomic E-state index is -0.917. The Morgan fingerprint density at radius 2 is 2.24 bits per heavy atom. The smallest absolute Gasteiger partial charge is 0.309 e. The molecule has 0 aliphatic heterocycles. The van der Waals surface area contributed by atoms with E-state index in [0.717, 1.165) is 0 Å². The van der Waals surface area contributed by atoms with Crippen molar-refractivity contribution in [3.8, 4) is 0 Å². The van der Waals surface area contributed by atoms with Gasteiger partial charge in [0.25, 0.3) is 0 Å². The zero-order valence-electron chi connectivity index (χ0n) is 9.69. The minimum absolute atomic E-state index is 0.0998. The van der Waals surface area contributed by atoms with Crippen LogP contribution in [0.15, 0.2) is 5.38 Å². The number of aromatic nitrogens is 1. The van der Waals surface area contributed by atoms with Crippen molar-refractivity contribution in [1.29, 1.82) is 0 Å². The second kappa shape index (κ2) is 5.13. The average molecular weight is 257 g/mol. The molecule has 0 unspecified atom stereocenters. The van der Waals surface area contributed by atoms with Crippen LogP contribution in [-0.4, -0.2) is 28.5 Å². The van der Waals surface area contributed by atoms with Crippen molar-refractivity contribution in [2.24, 2.45) is 11.1 Å². The number of hydrogen-bond donors (Lipinski definition) is 3. The van der Waals surface area contributed by atoms with Crippen LogP contribution in [0.5, 0.6) is 0 Å². The van der Waals surface area contributed by atoms with E-state index in [-0.39, 0.29) is 6.42 Å². The summed E-state index contributed by atoms with van der Waals surface area (Å²) in [5.74, 6) is -1.31. The molecule has 0 aromatic carbocycles. The molecule has 0 fully saturated rings. The van der Waals surface area contributed by atoms with E-state index in [1.807, 2.05) is 0 Å². The van der Waals surface area contributed by atoms with Gasteiger partial charge in [-0.15, -0.1) is 11.3 Å². The molecule has 6 nitrogen and oxygen atoms in total. The Morgan fingerprint density at radius 1 is 1.59 bits per heavy atom. The van der Waals surface area contributed by atoms with Crippen LogP contribution in [-0.2, 0) is 16.0 Å². The summed E-state index contributed by atoms with van der Waals surface area (Å²) in [6.45, 7) is 3.82. The second-order valence-corrected chi connectivity index (χ2v) is 5.17. The molecule has 7 heteroatoms. The van der Waals surface area contributed by atoms with E-state index in [4.69, 9.17) is 10.8 Å². The summed E-state index contributed by atoms with van der Waals surface area (Å²) in [7, 11) is 0. The molecule has 0 saturated heterocycles. The molecule has 1 amide bonds. The lowest BCUT2D eigenvalue weighted by molar-refractivity contribution is -0.136. The van der Waals surface area contributed by atoms with Crippen molar-refractivity contribution in [3.63, 3.8) is 0 Å². The molecule has 0 aliphatic rings. The van der Waals surface area contributed by atoms with Crippen molar-refractivity contribution >= 4 is 28.3 Å². The Balaban J connectivity index is 2.56. The number of carbonyl (C=O) groups is 2. The zero-order chi connectivity index (χ0) is 13.1. The fourth-order valence-corrected chi connectivity index (χ4v) is 1.72. The van der Waals surface area contributed by atoms with Crippen molar-refractivity contribution < 1.29 is 14.7 Å². The number of rotatable bonds is 6. The van der Waals surface area contributed by atoms with Crippen LogP contribution >= 0.6 is 11.3 Å². The summed E-state index contributed by atoms with van der Waals surface area (Å²) >= 11 is 1.31. The maximum atomic E-state index is 11.1. The van der Waals surface area contributed by atoms with Crippen LogP contribution in [0.3, 0.4) is 0 Å². The number of thiazole rings is 1. The van der Waals surface area contributed by atoms with Crippen molar-refractivity contribution in [2.75, 3.05) is 11.9 Å². The van der Waals surface area contributed by atoms with Crippen LogP contribution in [0.4, 0.5) is 5.13 Å². The van der Waals surface area contributed by atoms with Crippen LogP contribution in [0.25, 0.3) is 0 Å². The highest BCUT2D eigenvalue weighted by molar-refractivity contribution is 7.13. The van der Waals surface area contributed by atoms with Gasteiger partial charge in [0.05, 0.1) is 17.5 Å². The van der Waals surface area contributed by atoms with E-state index in [1.54, 1.807) is 19.2 Å². The summed E-state index contributed by atoms with van der Waals surface area (Å²) < 4.78 is 0. The number of nitrogens with one attached hydrogen (secondary N) is 1. The van der Waals surface area contributed by atoms with E-state index in [2.05, 4.69) is 10.3 Å². The van der Waals surface area contributed by atoms with E-state index in [1.165, 1.54) is 11.3 Å². The Bertz CT molecular complexity index is 428. The van der Waals surface area contributed by atoms with Gasteiger partial charge in [-0.25, -0.2) is 4.98 Å². The molecule has 1 aromatic rings. The van der Waals surface area contributed by atoms with Crippen LogP contribution in [0.2, 0.25) is 0 Å². The van der Waals surface area contributed by atoms with Crippen LogP contribution in [0, 0.1) is 5.41 Å². The Kier molecular flexibility index (Phi) is 4.06. The van der Waals surface area contributed by atoms with Gasteiger partial charge in [0, 0.05) is 11.9 Å². The van der Waals surface area contributed by atoms with Gasteiger partial charge < -0.3 is 16.2 Å². The van der Waals surface area contributed by atoms with Gasteiger partial charge in [0.2, 0.25) is 5.91 Å². The quantitative estimate of drug-likeness (QED) is 0.695. The Hall–Kier alpha value is -1.63. The largest absolute Gasteiger partial charge is 0.481 e. The highest BCUT2D eigenvalue weighted by Gasteiger charge is 2.24. The highest BCUT2D eigenvalue weighted by Crippen LogP contribution is 2.19. The second-order valence-electron chi connectivity index (χ2n) is 4.32. The maximum Gasteiger partial charge on any atom is 0.309 e. The fourth-order valence-electron chi connectivity index (χ4n) is 1.01. The molecule has 17 heavy (non-hydrogen) atoms. The lowest BCUT2D eigenvalue weighted by Crippen LogP contribution is -2.37. The Morgan fingerprint density at radius 3 is 2.76 bits per heavy atom. The molecule has 1 aromatic heterocycles. The first-order chi connectivity index (χ1) is 7.81. The number of nitrogens with two attached hydrogens (primary N) is 1.